The van der Waals surface area contributed by atoms with E-state index in [-0.39, 0.29) is 29.1 Å². The first-order valence-corrected chi connectivity index (χ1v) is 11.5. The number of hydrogen-bond acceptors (Lipinski definition) is 6. The molecular formula is C27H21F2N7O2. The Balaban J connectivity index is 1.67. The summed E-state index contributed by atoms with van der Waals surface area (Å²) in [4.78, 5) is 34.6. The fourth-order valence-corrected chi connectivity index (χ4v) is 3.98. The van der Waals surface area contributed by atoms with E-state index >= 15 is 0 Å². The van der Waals surface area contributed by atoms with Crippen molar-refractivity contribution in [3.8, 4) is 5.69 Å². The van der Waals surface area contributed by atoms with Crippen LogP contribution in [0.15, 0.2) is 84.6 Å². The second-order valence-electron chi connectivity index (χ2n) is 8.47. The van der Waals surface area contributed by atoms with Crippen LogP contribution in [0.2, 0.25) is 0 Å². The van der Waals surface area contributed by atoms with Crippen LogP contribution in [0.4, 0.5) is 26.1 Å². The maximum absolute atomic E-state index is 14.4. The largest absolute Gasteiger partial charge is 0.322 e. The van der Waals surface area contributed by atoms with Crippen LogP contribution in [0.1, 0.15) is 11.1 Å². The summed E-state index contributed by atoms with van der Waals surface area (Å²) in [6, 6.07) is 11.5. The lowest BCUT2D eigenvalue weighted by Crippen LogP contribution is -2.24. The number of hydrogen-bond donors (Lipinski definition) is 2. The van der Waals surface area contributed by atoms with Gasteiger partial charge in [0.2, 0.25) is 11.9 Å². The van der Waals surface area contributed by atoms with Crippen molar-refractivity contribution >= 4 is 34.3 Å². The normalized spacial score (nSPS) is 10.9. The average molecular weight is 514 g/mol. The molecule has 0 fully saturated rings. The van der Waals surface area contributed by atoms with E-state index in [0.29, 0.717) is 22.4 Å². The number of carbonyl (C=O) groups excluding carboxylic acids is 1. The molecule has 0 aliphatic carbocycles. The highest BCUT2D eigenvalue weighted by Gasteiger charge is 2.16. The number of pyridine rings is 1. The molecule has 5 aromatic rings. The van der Waals surface area contributed by atoms with Gasteiger partial charge in [-0.1, -0.05) is 18.7 Å². The standard InChI is InChI=1S/C27H21F2N7O2/c1-3-24(37)32-20-5-4-6-22(12-20)36-25-18(13-30-27(34-25)33-21-14-31-35(2)15-21)10-17(26(36)38)9-16-7-8-19(28)11-23(16)29/h3-8,10-15H,1,9H2,2H3,(H,32,37)(H,30,33,34). The Morgan fingerprint density at radius 3 is 2.66 bits per heavy atom. The topological polar surface area (TPSA) is 107 Å². The van der Waals surface area contributed by atoms with Gasteiger partial charge >= 0.3 is 0 Å². The second kappa shape index (κ2) is 10.1. The van der Waals surface area contributed by atoms with Crippen molar-refractivity contribution in [2.24, 2.45) is 7.05 Å². The molecule has 0 saturated carbocycles. The molecule has 190 valence electrons. The lowest BCUT2D eigenvalue weighted by molar-refractivity contribution is -0.111. The minimum atomic E-state index is -0.752. The lowest BCUT2D eigenvalue weighted by atomic mass is 10.0. The predicted molar refractivity (Wildman–Crippen MR) is 140 cm³/mol. The zero-order chi connectivity index (χ0) is 26.8. The molecule has 0 radical (unpaired) electrons. The van der Waals surface area contributed by atoms with Gasteiger partial charge in [-0.3, -0.25) is 18.8 Å². The molecule has 38 heavy (non-hydrogen) atoms. The third-order valence-electron chi connectivity index (χ3n) is 5.73. The monoisotopic (exact) mass is 513 g/mol. The second-order valence-corrected chi connectivity index (χ2v) is 8.47. The maximum atomic E-state index is 14.4. The van der Waals surface area contributed by atoms with Gasteiger partial charge in [-0.25, -0.2) is 13.8 Å². The number of carbonyl (C=O) groups is 1. The third kappa shape index (κ3) is 5.03. The van der Waals surface area contributed by atoms with E-state index in [1.165, 1.54) is 10.6 Å². The van der Waals surface area contributed by atoms with Gasteiger partial charge in [-0.05, 0) is 42.0 Å². The summed E-state index contributed by atoms with van der Waals surface area (Å²) in [5.41, 5.74) is 1.74. The van der Waals surface area contributed by atoms with Crippen LogP contribution < -0.4 is 16.2 Å². The van der Waals surface area contributed by atoms with Gasteiger partial charge in [0, 0.05) is 48.6 Å². The minimum absolute atomic E-state index is 0.0799. The highest BCUT2D eigenvalue weighted by Crippen LogP contribution is 2.23. The van der Waals surface area contributed by atoms with Crippen molar-refractivity contribution in [2.75, 3.05) is 10.6 Å². The van der Waals surface area contributed by atoms with E-state index in [2.05, 4.69) is 32.3 Å². The molecular weight excluding hydrogens is 492 g/mol. The number of nitrogens with one attached hydrogen (secondary N) is 2. The number of amides is 1. The highest BCUT2D eigenvalue weighted by atomic mass is 19.1. The molecule has 0 aliphatic rings. The van der Waals surface area contributed by atoms with Crippen LogP contribution >= 0.6 is 0 Å². The van der Waals surface area contributed by atoms with E-state index in [1.54, 1.807) is 60.7 Å². The van der Waals surface area contributed by atoms with Gasteiger partial charge in [0.25, 0.3) is 5.56 Å². The molecule has 3 aromatic heterocycles. The molecule has 1 amide bonds. The van der Waals surface area contributed by atoms with Gasteiger partial charge in [0.15, 0.2) is 5.65 Å². The van der Waals surface area contributed by atoms with Crippen molar-refractivity contribution in [1.82, 2.24) is 24.3 Å². The van der Waals surface area contributed by atoms with E-state index in [0.717, 1.165) is 18.2 Å². The van der Waals surface area contributed by atoms with Gasteiger partial charge in [-0.15, -0.1) is 0 Å². The van der Waals surface area contributed by atoms with Crippen LogP contribution in [0.5, 0.6) is 0 Å². The molecule has 5 rings (SSSR count). The van der Waals surface area contributed by atoms with Gasteiger partial charge in [-0.2, -0.15) is 10.1 Å². The molecule has 2 N–H and O–H groups in total. The molecule has 0 saturated heterocycles. The summed E-state index contributed by atoms with van der Waals surface area (Å²) in [5.74, 6) is -1.64. The molecule has 0 unspecified atom stereocenters. The molecule has 0 spiro atoms. The number of anilines is 3. The number of aromatic nitrogens is 5. The first kappa shape index (κ1) is 24.5. The van der Waals surface area contributed by atoms with Gasteiger partial charge in [0.05, 0.1) is 17.6 Å². The average Bonchev–Trinajstić information content (AvgIpc) is 3.30. The van der Waals surface area contributed by atoms with Crippen molar-refractivity contribution in [3.05, 3.63) is 113 Å². The Kier molecular flexibility index (Phi) is 6.48. The number of nitrogens with zero attached hydrogens (tertiary/aromatic N) is 5. The van der Waals surface area contributed by atoms with Crippen molar-refractivity contribution < 1.29 is 13.6 Å². The Labute approximate surface area is 215 Å². The smallest absolute Gasteiger partial charge is 0.260 e. The van der Waals surface area contributed by atoms with Crippen molar-refractivity contribution in [2.45, 2.75) is 6.42 Å². The van der Waals surface area contributed by atoms with Gasteiger partial charge < -0.3 is 10.6 Å². The molecule has 0 bridgehead atoms. The quantitative estimate of drug-likeness (QED) is 0.315. The van der Waals surface area contributed by atoms with E-state index in [1.807, 2.05) is 0 Å². The predicted octanol–water partition coefficient (Wildman–Crippen LogP) is 4.25. The number of rotatable bonds is 7. The van der Waals surface area contributed by atoms with Crippen LogP contribution in [0.25, 0.3) is 16.7 Å². The molecule has 11 heteroatoms. The van der Waals surface area contributed by atoms with Crippen LogP contribution in [-0.2, 0) is 18.3 Å². The summed E-state index contributed by atoms with van der Waals surface area (Å²) >= 11 is 0. The van der Waals surface area contributed by atoms with E-state index in [4.69, 9.17) is 0 Å². The molecule has 3 heterocycles. The Morgan fingerprint density at radius 1 is 1.08 bits per heavy atom. The Bertz CT molecular complexity index is 1760. The molecule has 9 nitrogen and oxygen atoms in total. The van der Waals surface area contributed by atoms with E-state index in [9.17, 15) is 18.4 Å². The zero-order valence-corrected chi connectivity index (χ0v) is 20.2. The fourth-order valence-electron chi connectivity index (χ4n) is 3.98. The number of benzene rings is 2. The summed E-state index contributed by atoms with van der Waals surface area (Å²) in [6.07, 6.45) is 5.95. The van der Waals surface area contributed by atoms with E-state index < -0.39 is 23.1 Å². The summed E-state index contributed by atoms with van der Waals surface area (Å²) in [5, 5.41) is 10.3. The summed E-state index contributed by atoms with van der Waals surface area (Å²) in [7, 11) is 1.77. The fraction of sp³-hybridized carbons (Fsp3) is 0.0741. The Morgan fingerprint density at radius 2 is 1.92 bits per heavy atom. The molecule has 0 aliphatic heterocycles. The first-order chi connectivity index (χ1) is 18.3. The molecule has 0 atom stereocenters. The third-order valence-corrected chi connectivity index (χ3v) is 5.73. The highest BCUT2D eigenvalue weighted by molar-refractivity contribution is 5.99. The van der Waals surface area contributed by atoms with Crippen LogP contribution in [-0.4, -0.2) is 30.2 Å². The SMILES string of the molecule is C=CC(=O)Nc1cccc(-n2c(=O)c(Cc3ccc(F)cc3F)cc3cnc(Nc4cnn(C)c4)nc32)c1. The number of fused-ring (bicyclic) bond motifs is 1. The first-order valence-electron chi connectivity index (χ1n) is 11.5. The van der Waals surface area contributed by atoms with Crippen molar-refractivity contribution in [1.29, 1.82) is 0 Å². The summed E-state index contributed by atoms with van der Waals surface area (Å²) in [6.45, 7) is 3.45. The molecule has 2 aromatic carbocycles. The van der Waals surface area contributed by atoms with Crippen LogP contribution in [0.3, 0.4) is 0 Å². The lowest BCUT2D eigenvalue weighted by Gasteiger charge is -2.15. The number of aryl methyl sites for hydroxylation is 1. The summed E-state index contributed by atoms with van der Waals surface area (Å²) < 4.78 is 30.9. The number of halogens is 2. The Hall–Kier alpha value is -5.19. The maximum Gasteiger partial charge on any atom is 0.260 e. The van der Waals surface area contributed by atoms with Gasteiger partial charge in [0.1, 0.15) is 11.6 Å². The van der Waals surface area contributed by atoms with Crippen molar-refractivity contribution in [3.63, 3.8) is 0 Å². The van der Waals surface area contributed by atoms with Crippen LogP contribution in [0, 0.1) is 11.6 Å². The zero-order valence-electron chi connectivity index (χ0n) is 20.2. The minimum Gasteiger partial charge on any atom is -0.322 e.